The Hall–Kier alpha value is 1.60. The molecule has 4 atom stereocenters. The van der Waals surface area contributed by atoms with Gasteiger partial charge in [0, 0.05) is 7.16 Å². The fourth-order valence-electron chi connectivity index (χ4n) is 2.71. The summed E-state index contributed by atoms with van der Waals surface area (Å²) in [6.07, 6.45) is 9.40. The predicted octanol–water partition coefficient (Wildman–Crippen LogP) is 8.89. The van der Waals surface area contributed by atoms with Crippen LogP contribution in [0.25, 0.3) is 0 Å². The van der Waals surface area contributed by atoms with Crippen LogP contribution in [0, 0.1) is 0 Å². The molecule has 0 saturated carbocycles. The van der Waals surface area contributed by atoms with Crippen molar-refractivity contribution < 1.29 is 4.74 Å². The van der Waals surface area contributed by atoms with Crippen molar-refractivity contribution in [3.63, 3.8) is 0 Å². The Labute approximate surface area is 216 Å². The van der Waals surface area contributed by atoms with Crippen molar-refractivity contribution in [3.8, 4) is 0 Å². The van der Waals surface area contributed by atoms with E-state index in [-0.39, 0.29) is 0 Å². The summed E-state index contributed by atoms with van der Waals surface area (Å²) in [5.41, 5.74) is 0. The first kappa shape index (κ1) is 24.9. The maximum atomic E-state index is 6.92. The molecule has 27 heavy (non-hydrogen) atoms. The fourth-order valence-corrected chi connectivity index (χ4v) is 6.20. The van der Waals surface area contributed by atoms with Crippen molar-refractivity contribution in [1.29, 1.82) is 0 Å². The molecule has 0 spiro atoms. The summed E-state index contributed by atoms with van der Waals surface area (Å²) in [5, 5.41) is 1.52. The normalized spacial score (nSPS) is 35.3. The van der Waals surface area contributed by atoms with E-state index in [0.29, 0.717) is 27.3 Å². The van der Waals surface area contributed by atoms with Crippen LogP contribution in [-0.4, -0.2) is 22.0 Å². The summed E-state index contributed by atoms with van der Waals surface area (Å²) in [5.74, 6) is 0. The Bertz CT molecular complexity index is 747. The minimum absolute atomic E-state index is 0.368. The van der Waals surface area contributed by atoms with Crippen molar-refractivity contribution in [1.82, 2.24) is 0 Å². The zero-order chi connectivity index (χ0) is 20.6. The van der Waals surface area contributed by atoms with Crippen molar-refractivity contribution >= 4 is 115 Å². The first-order chi connectivity index (χ1) is 12.5. The lowest BCUT2D eigenvalue weighted by Crippen LogP contribution is -2.47. The molecule has 9 heteroatoms. The molecule has 0 aromatic carbocycles. The Morgan fingerprint density at radius 3 is 1.44 bits per heavy atom. The molecule has 0 aliphatic heterocycles. The molecule has 0 N–H and O–H groups in total. The van der Waals surface area contributed by atoms with Gasteiger partial charge in [0.1, 0.15) is 22.0 Å². The number of allylic oxidation sites excluding steroid dienone is 6. The maximum absolute atomic E-state index is 6.92. The van der Waals surface area contributed by atoms with Crippen molar-refractivity contribution in [2.45, 2.75) is 35.8 Å². The standard InChI is InChI=1S/C18H14Cl6I2O/c1-3-5-17(23)11(7-9(19)13(21)15(17)25)27-12-8-10(20)14(22)16(26)18(12,24)6-4-2/h3-8,11-12H,1-2H3. The number of hydrogen-bond donors (Lipinski definition) is 0. The van der Waals surface area contributed by atoms with Crippen LogP contribution in [0.1, 0.15) is 13.8 Å². The van der Waals surface area contributed by atoms with Crippen LogP contribution in [0.4, 0.5) is 0 Å². The number of ether oxygens (including phenoxy) is 1. The van der Waals surface area contributed by atoms with Crippen LogP contribution in [0.5, 0.6) is 0 Å². The summed E-state index contributed by atoms with van der Waals surface area (Å²) < 4.78 is 7.70. The zero-order valence-electron chi connectivity index (χ0n) is 14.1. The van der Waals surface area contributed by atoms with Gasteiger partial charge in [-0.25, -0.2) is 0 Å². The summed E-state index contributed by atoms with van der Waals surface area (Å²) in [6, 6.07) is 0. The third-order valence-electron chi connectivity index (χ3n) is 4.01. The Morgan fingerprint density at radius 2 is 1.15 bits per heavy atom. The Balaban J connectivity index is 2.53. The topological polar surface area (TPSA) is 9.23 Å². The average molecular weight is 713 g/mol. The highest BCUT2D eigenvalue weighted by Crippen LogP contribution is 2.51. The van der Waals surface area contributed by atoms with Crippen molar-refractivity contribution in [3.05, 3.63) is 63.7 Å². The monoisotopic (exact) mass is 710 g/mol. The van der Waals surface area contributed by atoms with E-state index in [1.54, 1.807) is 12.2 Å². The summed E-state index contributed by atoms with van der Waals surface area (Å²) in [6.45, 7) is 3.74. The molecule has 0 aromatic rings. The first-order valence-electron chi connectivity index (χ1n) is 7.70. The number of hydrogen-bond acceptors (Lipinski definition) is 1. The second-order valence-corrected chi connectivity index (χ2v) is 10.8. The minimum Gasteiger partial charge on any atom is -0.362 e. The molecule has 2 aliphatic rings. The Morgan fingerprint density at radius 1 is 0.815 bits per heavy atom. The van der Waals surface area contributed by atoms with E-state index in [1.165, 1.54) is 0 Å². The lowest BCUT2D eigenvalue weighted by Gasteiger charge is -2.41. The van der Waals surface area contributed by atoms with Gasteiger partial charge in [-0.3, -0.25) is 0 Å². The maximum Gasteiger partial charge on any atom is 0.124 e. The lowest BCUT2D eigenvalue weighted by atomic mass is 9.92. The molecule has 2 aliphatic carbocycles. The van der Waals surface area contributed by atoms with Crippen LogP contribution in [0.2, 0.25) is 0 Å². The van der Waals surface area contributed by atoms with Crippen LogP contribution < -0.4 is 0 Å². The molecule has 0 amide bonds. The van der Waals surface area contributed by atoms with Gasteiger partial charge in [0.2, 0.25) is 0 Å². The van der Waals surface area contributed by atoms with Gasteiger partial charge in [-0.15, -0.1) is 23.2 Å². The van der Waals surface area contributed by atoms with Gasteiger partial charge in [-0.2, -0.15) is 0 Å². The van der Waals surface area contributed by atoms with Gasteiger partial charge in [0.15, 0.2) is 0 Å². The van der Waals surface area contributed by atoms with E-state index in [9.17, 15) is 0 Å². The average Bonchev–Trinajstić information content (AvgIpc) is 2.61. The van der Waals surface area contributed by atoms with Crippen LogP contribution in [0.15, 0.2) is 63.7 Å². The lowest BCUT2D eigenvalue weighted by molar-refractivity contribution is 0.0241. The molecule has 4 unspecified atom stereocenters. The number of alkyl halides is 2. The summed E-state index contributed by atoms with van der Waals surface area (Å²) >= 11 is 43.3. The quantitative estimate of drug-likeness (QED) is 0.161. The second-order valence-electron chi connectivity index (χ2n) is 5.80. The number of rotatable bonds is 4. The van der Waals surface area contributed by atoms with Gasteiger partial charge in [0.05, 0.1) is 20.1 Å². The highest BCUT2D eigenvalue weighted by atomic mass is 127. The molecule has 148 valence electrons. The van der Waals surface area contributed by atoms with Crippen LogP contribution in [-0.2, 0) is 4.74 Å². The molecule has 0 saturated heterocycles. The molecular formula is C18H14Cl6I2O. The van der Waals surface area contributed by atoms with E-state index in [2.05, 4.69) is 45.2 Å². The molecule has 0 heterocycles. The van der Waals surface area contributed by atoms with Gasteiger partial charge in [-0.1, -0.05) is 70.7 Å². The molecular weight excluding hydrogens is 699 g/mol. The fraction of sp³-hybridized carbons (Fsp3) is 0.333. The SMILES string of the molecule is CC=CC1(Cl)C(I)=C(Cl)C(Cl)=CC1OC1C=C(Cl)C(Cl)=C(I)C1(Cl)C=CC. The second kappa shape index (κ2) is 9.82. The van der Waals surface area contributed by atoms with Crippen LogP contribution in [0.3, 0.4) is 0 Å². The summed E-state index contributed by atoms with van der Waals surface area (Å²) in [7, 11) is 0. The van der Waals surface area contributed by atoms with E-state index in [1.807, 2.05) is 38.2 Å². The highest BCUT2D eigenvalue weighted by molar-refractivity contribution is 14.1. The molecule has 0 fully saturated rings. The largest absolute Gasteiger partial charge is 0.362 e. The molecule has 0 radical (unpaired) electrons. The van der Waals surface area contributed by atoms with Crippen molar-refractivity contribution in [2.75, 3.05) is 0 Å². The van der Waals surface area contributed by atoms with Crippen LogP contribution >= 0.6 is 115 Å². The highest BCUT2D eigenvalue weighted by Gasteiger charge is 2.48. The predicted molar refractivity (Wildman–Crippen MR) is 137 cm³/mol. The van der Waals surface area contributed by atoms with E-state index < -0.39 is 22.0 Å². The molecule has 0 bridgehead atoms. The number of halogens is 8. The zero-order valence-corrected chi connectivity index (χ0v) is 22.9. The molecule has 2 rings (SSSR count). The molecule has 0 aromatic heterocycles. The van der Waals surface area contributed by atoms with E-state index in [0.717, 1.165) is 0 Å². The third-order valence-corrected chi connectivity index (χ3v) is 10.8. The third kappa shape index (κ3) is 4.77. The molecule has 1 nitrogen and oxygen atoms in total. The smallest absolute Gasteiger partial charge is 0.124 e. The Kier molecular flexibility index (Phi) is 9.04. The minimum atomic E-state index is -1.02. The van der Waals surface area contributed by atoms with E-state index in [4.69, 9.17) is 74.3 Å². The first-order valence-corrected chi connectivity index (χ1v) is 12.1. The van der Waals surface area contributed by atoms with Gasteiger partial charge < -0.3 is 4.74 Å². The van der Waals surface area contributed by atoms with Gasteiger partial charge in [0.25, 0.3) is 0 Å². The van der Waals surface area contributed by atoms with Gasteiger partial charge >= 0.3 is 0 Å². The van der Waals surface area contributed by atoms with Crippen molar-refractivity contribution in [2.24, 2.45) is 0 Å². The van der Waals surface area contributed by atoms with E-state index >= 15 is 0 Å². The summed E-state index contributed by atoms with van der Waals surface area (Å²) in [4.78, 5) is -2.04. The van der Waals surface area contributed by atoms with Gasteiger partial charge in [-0.05, 0) is 71.2 Å².